The Kier molecular flexibility index (Phi) is 3.36. The van der Waals surface area contributed by atoms with Crippen LogP contribution in [-0.2, 0) is 0 Å². The van der Waals surface area contributed by atoms with Gasteiger partial charge in [-0.3, -0.25) is 0 Å². The lowest BCUT2D eigenvalue weighted by Gasteiger charge is -2.00. The monoisotopic (exact) mass is 257 g/mol. The van der Waals surface area contributed by atoms with E-state index in [1.807, 2.05) is 6.92 Å². The van der Waals surface area contributed by atoms with Crippen LogP contribution >= 0.6 is 23.2 Å². The lowest BCUT2D eigenvalue weighted by Crippen LogP contribution is -1.88. The highest BCUT2D eigenvalue weighted by Crippen LogP contribution is 2.31. The third-order valence-corrected chi connectivity index (χ3v) is 2.48. The van der Waals surface area contributed by atoms with Gasteiger partial charge in [0.15, 0.2) is 0 Å². The molecule has 0 atom stereocenters. The van der Waals surface area contributed by atoms with Crippen molar-refractivity contribution in [3.05, 3.63) is 34.4 Å². The number of hydrogen-bond acceptors (Lipinski definition) is 3. The van der Waals surface area contributed by atoms with Crippen LogP contribution in [0.2, 0.25) is 10.0 Å². The Morgan fingerprint density at radius 1 is 1.38 bits per heavy atom. The molecular weight excluding hydrogens is 249 g/mol. The van der Waals surface area contributed by atoms with Crippen LogP contribution in [0.3, 0.4) is 0 Å². The molecule has 0 saturated heterocycles. The lowest BCUT2D eigenvalue weighted by molar-refractivity contribution is 0.260. The molecule has 84 valence electrons. The van der Waals surface area contributed by atoms with Gasteiger partial charge in [-0.2, -0.15) is 0 Å². The molecule has 3 nitrogen and oxygen atoms in total. The fraction of sp³-hybridized carbons (Fsp3) is 0.182. The maximum absolute atomic E-state index is 6.03. The van der Waals surface area contributed by atoms with E-state index >= 15 is 0 Å². The van der Waals surface area contributed by atoms with Crippen LogP contribution < -0.4 is 4.74 Å². The van der Waals surface area contributed by atoms with Gasteiger partial charge in [0.25, 0.3) is 0 Å². The van der Waals surface area contributed by atoms with Crippen molar-refractivity contribution in [2.45, 2.75) is 6.92 Å². The highest BCUT2D eigenvalue weighted by Gasteiger charge is 2.11. The zero-order chi connectivity index (χ0) is 11.5. The van der Waals surface area contributed by atoms with E-state index in [4.69, 9.17) is 32.4 Å². The zero-order valence-electron chi connectivity index (χ0n) is 8.54. The molecule has 1 aromatic carbocycles. The van der Waals surface area contributed by atoms with E-state index in [1.165, 1.54) is 6.20 Å². The summed E-state index contributed by atoms with van der Waals surface area (Å²) >= 11 is 11.8. The van der Waals surface area contributed by atoms with Gasteiger partial charge in [-0.15, -0.1) is 0 Å². The summed E-state index contributed by atoms with van der Waals surface area (Å²) in [6.45, 7) is 2.40. The van der Waals surface area contributed by atoms with Crippen molar-refractivity contribution < 1.29 is 9.15 Å². The Balaban J connectivity index is 2.35. The van der Waals surface area contributed by atoms with Crippen LogP contribution in [0, 0.1) is 0 Å². The molecule has 0 radical (unpaired) electrons. The Morgan fingerprint density at radius 3 is 2.88 bits per heavy atom. The van der Waals surface area contributed by atoms with E-state index in [0.717, 1.165) is 0 Å². The van der Waals surface area contributed by atoms with Crippen LogP contribution in [0.4, 0.5) is 0 Å². The van der Waals surface area contributed by atoms with Crippen LogP contribution in [0.5, 0.6) is 5.95 Å². The molecule has 0 aliphatic carbocycles. The van der Waals surface area contributed by atoms with Crippen LogP contribution in [-0.4, -0.2) is 11.6 Å². The average Bonchev–Trinajstić information content (AvgIpc) is 2.67. The summed E-state index contributed by atoms with van der Waals surface area (Å²) in [5, 5.41) is 1.07. The fourth-order valence-corrected chi connectivity index (χ4v) is 1.75. The van der Waals surface area contributed by atoms with Crippen molar-refractivity contribution in [2.24, 2.45) is 0 Å². The quantitative estimate of drug-likeness (QED) is 0.833. The molecule has 1 aromatic heterocycles. The number of aromatic nitrogens is 1. The molecule has 0 aliphatic rings. The molecule has 0 saturated carbocycles. The summed E-state index contributed by atoms with van der Waals surface area (Å²) in [7, 11) is 0. The second kappa shape index (κ2) is 4.76. The first-order valence-electron chi connectivity index (χ1n) is 4.74. The fourth-order valence-electron chi connectivity index (χ4n) is 1.26. The topological polar surface area (TPSA) is 35.3 Å². The van der Waals surface area contributed by atoms with Gasteiger partial charge < -0.3 is 9.15 Å². The van der Waals surface area contributed by atoms with Gasteiger partial charge in [-0.25, -0.2) is 4.98 Å². The van der Waals surface area contributed by atoms with Crippen LogP contribution in [0.25, 0.3) is 11.5 Å². The largest absolute Gasteiger partial charge is 0.464 e. The van der Waals surface area contributed by atoms with Crippen molar-refractivity contribution in [3.63, 3.8) is 0 Å². The van der Waals surface area contributed by atoms with E-state index in [9.17, 15) is 0 Å². The molecule has 1 heterocycles. The van der Waals surface area contributed by atoms with E-state index in [-0.39, 0.29) is 0 Å². The van der Waals surface area contributed by atoms with Crippen molar-refractivity contribution in [1.82, 2.24) is 4.98 Å². The molecule has 0 spiro atoms. The molecule has 2 rings (SSSR count). The molecule has 16 heavy (non-hydrogen) atoms. The van der Waals surface area contributed by atoms with Crippen molar-refractivity contribution in [1.29, 1.82) is 0 Å². The van der Waals surface area contributed by atoms with Crippen molar-refractivity contribution in [3.8, 4) is 17.4 Å². The molecule has 0 N–H and O–H groups in total. The third-order valence-electron chi connectivity index (χ3n) is 1.93. The average molecular weight is 258 g/mol. The predicted molar refractivity (Wildman–Crippen MR) is 63.1 cm³/mol. The van der Waals surface area contributed by atoms with Gasteiger partial charge in [0.1, 0.15) is 6.20 Å². The van der Waals surface area contributed by atoms with Crippen molar-refractivity contribution in [2.75, 3.05) is 6.61 Å². The van der Waals surface area contributed by atoms with Gasteiger partial charge in [0, 0.05) is 5.02 Å². The first-order valence-corrected chi connectivity index (χ1v) is 5.50. The first-order chi connectivity index (χ1) is 7.70. The highest BCUT2D eigenvalue weighted by atomic mass is 35.5. The lowest BCUT2D eigenvalue weighted by atomic mass is 10.2. The Hall–Kier alpha value is -1.19. The SMILES string of the molecule is CCOc1cnc(-c2ccc(Cl)cc2Cl)o1. The molecule has 5 heteroatoms. The van der Waals surface area contributed by atoms with Gasteiger partial charge in [0.2, 0.25) is 5.89 Å². The predicted octanol–water partition coefficient (Wildman–Crippen LogP) is 4.05. The summed E-state index contributed by atoms with van der Waals surface area (Å²) in [6.07, 6.45) is 1.52. The maximum atomic E-state index is 6.03. The summed E-state index contributed by atoms with van der Waals surface area (Å²) < 4.78 is 10.5. The van der Waals surface area contributed by atoms with Crippen LogP contribution in [0.1, 0.15) is 6.92 Å². The van der Waals surface area contributed by atoms with E-state index < -0.39 is 0 Å². The Morgan fingerprint density at radius 2 is 2.19 bits per heavy atom. The summed E-state index contributed by atoms with van der Waals surface area (Å²) in [5.41, 5.74) is 0.692. The molecule has 2 aromatic rings. The molecule has 0 unspecified atom stereocenters. The second-order valence-corrected chi connectivity index (χ2v) is 3.89. The molecule has 0 amide bonds. The number of nitrogens with zero attached hydrogens (tertiary/aromatic N) is 1. The molecule has 0 aliphatic heterocycles. The standard InChI is InChI=1S/C11H9Cl2NO2/c1-2-15-10-6-14-11(16-10)8-4-3-7(12)5-9(8)13/h3-6H,2H2,1H3. The number of hydrogen-bond donors (Lipinski definition) is 0. The number of benzene rings is 1. The van der Waals surface area contributed by atoms with E-state index in [0.29, 0.717) is 34.1 Å². The van der Waals surface area contributed by atoms with Gasteiger partial charge in [0.05, 0.1) is 17.2 Å². The smallest absolute Gasteiger partial charge is 0.305 e. The first kappa shape index (κ1) is 11.3. The minimum atomic E-state index is 0.378. The van der Waals surface area contributed by atoms with E-state index in [2.05, 4.69) is 4.98 Å². The molecule has 0 fully saturated rings. The third kappa shape index (κ3) is 2.31. The molecule has 0 bridgehead atoms. The van der Waals surface area contributed by atoms with E-state index in [1.54, 1.807) is 18.2 Å². The van der Waals surface area contributed by atoms with Crippen LogP contribution in [0.15, 0.2) is 28.8 Å². The number of halogens is 2. The normalized spacial score (nSPS) is 10.4. The number of rotatable bonds is 3. The number of ether oxygens (including phenoxy) is 1. The summed E-state index contributed by atoms with van der Waals surface area (Å²) in [6, 6.07) is 5.13. The Labute approximate surface area is 103 Å². The minimum absolute atomic E-state index is 0.378. The highest BCUT2D eigenvalue weighted by molar-refractivity contribution is 6.36. The zero-order valence-corrected chi connectivity index (χ0v) is 10.0. The number of oxazole rings is 1. The van der Waals surface area contributed by atoms with Gasteiger partial charge >= 0.3 is 5.95 Å². The Bertz CT molecular complexity index is 496. The summed E-state index contributed by atoms with van der Waals surface area (Å²) in [5.74, 6) is 0.800. The molecular formula is C11H9Cl2NO2. The van der Waals surface area contributed by atoms with Gasteiger partial charge in [-0.05, 0) is 25.1 Å². The second-order valence-electron chi connectivity index (χ2n) is 3.04. The summed E-state index contributed by atoms with van der Waals surface area (Å²) in [4.78, 5) is 4.08. The van der Waals surface area contributed by atoms with Gasteiger partial charge in [-0.1, -0.05) is 23.2 Å². The minimum Gasteiger partial charge on any atom is -0.464 e. The van der Waals surface area contributed by atoms with Crippen molar-refractivity contribution >= 4 is 23.2 Å². The maximum Gasteiger partial charge on any atom is 0.305 e.